The molecule has 0 spiro atoms. The summed E-state index contributed by atoms with van der Waals surface area (Å²) in [6.45, 7) is 0. The van der Waals surface area contributed by atoms with Gasteiger partial charge in [-0.25, -0.2) is 73.2 Å². The minimum Gasteiger partial charge on any atom is -0.226 e. The van der Waals surface area contributed by atoms with Gasteiger partial charge in [0, 0.05) is 0 Å². The maximum Gasteiger partial charge on any atom is 0.200 e. The maximum absolute atomic E-state index is 17.1. The summed E-state index contributed by atoms with van der Waals surface area (Å²) in [5, 5.41) is -0.715. The lowest BCUT2D eigenvalue weighted by Crippen LogP contribution is -2.80. The zero-order chi connectivity index (χ0) is 43.4. The van der Waals surface area contributed by atoms with Crippen molar-refractivity contribution in [1.29, 1.82) is 0 Å². The fourth-order valence-corrected chi connectivity index (χ4v) is 23.6. The zero-order valence-corrected chi connectivity index (χ0v) is 31.6. The van der Waals surface area contributed by atoms with Gasteiger partial charge in [-0.2, -0.15) is 0 Å². The van der Waals surface area contributed by atoms with Gasteiger partial charge in [-0.3, -0.25) is 0 Å². The molecule has 1 atom stereocenters. The molecule has 7 aromatic carbocycles. The molecule has 0 saturated carbocycles. The third-order valence-electron chi connectivity index (χ3n) is 10.3. The van der Waals surface area contributed by atoms with E-state index in [2.05, 4.69) is 0 Å². The van der Waals surface area contributed by atoms with E-state index in [-0.39, 0.29) is 15.6 Å². The molecule has 0 heterocycles. The molecule has 7 aromatic rings. The van der Waals surface area contributed by atoms with Crippen molar-refractivity contribution in [3.8, 4) is 0 Å². The highest BCUT2D eigenvalue weighted by Gasteiger charge is 2.59. The molecule has 1 unspecified atom stereocenters. The Morgan fingerprint density at radius 1 is 0.267 bits per heavy atom. The van der Waals surface area contributed by atoms with Crippen molar-refractivity contribution in [2.24, 2.45) is 0 Å². The zero-order valence-electron chi connectivity index (χ0n) is 29.7. The third kappa shape index (κ3) is 6.07. The van der Waals surface area contributed by atoms with Crippen molar-refractivity contribution < 1.29 is 65.9 Å². The smallest absolute Gasteiger partial charge is 0.200 e. The van der Waals surface area contributed by atoms with Crippen LogP contribution in [0.3, 0.4) is 0 Å². The minimum atomic E-state index is -6.05. The second-order valence-electron chi connectivity index (χ2n) is 13.3. The van der Waals surface area contributed by atoms with Gasteiger partial charge in [0.1, 0.15) is 48.5 Å². The van der Waals surface area contributed by atoms with Crippen LogP contribution in [0.5, 0.6) is 0 Å². The molecule has 7 rings (SSSR count). The van der Waals surface area contributed by atoms with Gasteiger partial charge in [0.25, 0.3) is 0 Å². The average molecular weight is 879 g/mol. The Kier molecular flexibility index (Phi) is 11.3. The summed E-state index contributed by atoms with van der Waals surface area (Å²) in [6, 6.07) is 25.8. The fourth-order valence-electron chi connectivity index (χ4n) is 8.04. The molecule has 0 aliphatic rings. The van der Waals surface area contributed by atoms with E-state index in [4.69, 9.17) is 0 Å². The first-order valence-electron chi connectivity index (χ1n) is 17.3. The van der Waals surface area contributed by atoms with Crippen LogP contribution in [0, 0.1) is 87.3 Å². The van der Waals surface area contributed by atoms with Crippen molar-refractivity contribution in [1.82, 2.24) is 0 Å². The van der Waals surface area contributed by atoms with E-state index in [0.717, 1.165) is 24.3 Å². The number of hydrogen-bond acceptors (Lipinski definition) is 0. The molecule has 0 fully saturated rings. The molecule has 0 aliphatic carbocycles. The van der Waals surface area contributed by atoms with E-state index < -0.39 is 130 Å². The first-order valence-corrected chi connectivity index (χ1v) is 21.6. The van der Waals surface area contributed by atoms with Gasteiger partial charge in [0.05, 0.1) is 0 Å². The summed E-state index contributed by atoms with van der Waals surface area (Å²) in [4.78, 5) is 0. The van der Waals surface area contributed by atoms with Crippen LogP contribution in [0.1, 0.15) is 0 Å². The molecular weight excluding hydrogens is 859 g/mol. The number of benzene rings is 7. The third-order valence-corrected chi connectivity index (χ3v) is 23.4. The highest BCUT2D eigenvalue weighted by atomic mass is 31.4. The summed E-state index contributed by atoms with van der Waals surface area (Å²) in [7, 11) is -9.20. The Balaban J connectivity index is 2.01. The van der Waals surface area contributed by atoms with Gasteiger partial charge in [0.2, 0.25) is 0 Å². The first kappa shape index (κ1) is 42.3. The summed E-state index contributed by atoms with van der Waals surface area (Å²) in [5.74, 6) is -51.5. The largest absolute Gasteiger partial charge is 0.226 e. The maximum atomic E-state index is 17.1. The van der Waals surface area contributed by atoms with E-state index in [1.54, 1.807) is 0 Å². The lowest BCUT2D eigenvalue weighted by atomic mass is 9.33. The van der Waals surface area contributed by atoms with Crippen LogP contribution in [0.2, 0.25) is 0 Å². The fraction of sp³-hybridized carbons (Fsp3) is 0. The van der Waals surface area contributed by atoms with Crippen LogP contribution in [-0.2, 0) is 0 Å². The molecular formula is C42H20BF15PSi-. The van der Waals surface area contributed by atoms with E-state index in [1.165, 1.54) is 97.1 Å². The molecule has 0 nitrogen and oxygen atoms in total. The molecule has 306 valence electrons. The SMILES string of the molecule is Fc1c(F)c(F)c([B-](c2c(F)c(F)c(F)c(F)c2F)(c2c(F)c(F)c(F)c(F)c2F)P(c2ccccc2)[Si](c2ccccc2)(c2ccccc2)c2ccccc2)c(F)c1F. The molecule has 18 heteroatoms. The summed E-state index contributed by atoms with van der Waals surface area (Å²) < 4.78 is 243. The Morgan fingerprint density at radius 3 is 0.700 bits per heavy atom. The first-order chi connectivity index (χ1) is 28.6. The lowest BCUT2D eigenvalue weighted by molar-refractivity contribution is 0.380. The van der Waals surface area contributed by atoms with Crippen LogP contribution in [-0.4, -0.2) is 13.6 Å². The normalized spacial score (nSPS) is 12.5. The van der Waals surface area contributed by atoms with E-state index >= 15 is 65.9 Å². The number of halogens is 15. The van der Waals surface area contributed by atoms with Gasteiger partial charge in [-0.15, -0.1) is 16.4 Å². The lowest BCUT2D eigenvalue weighted by Gasteiger charge is -2.58. The van der Waals surface area contributed by atoms with Crippen LogP contribution in [0.4, 0.5) is 65.9 Å². The second-order valence-corrected chi connectivity index (χ2v) is 21.9. The van der Waals surface area contributed by atoms with E-state index in [9.17, 15) is 0 Å². The van der Waals surface area contributed by atoms with E-state index in [1.807, 2.05) is 0 Å². The molecule has 0 bridgehead atoms. The Labute approximate surface area is 332 Å². The van der Waals surface area contributed by atoms with Crippen LogP contribution >= 0.6 is 7.35 Å². The summed E-state index contributed by atoms with van der Waals surface area (Å²) in [5.41, 5.74) is -7.90. The molecule has 0 aliphatic heterocycles. The van der Waals surface area contributed by atoms with Crippen LogP contribution in [0.15, 0.2) is 121 Å². The Morgan fingerprint density at radius 2 is 0.467 bits per heavy atom. The highest BCUT2D eigenvalue weighted by molar-refractivity contribution is 8.30. The monoisotopic (exact) mass is 879 g/mol. The summed E-state index contributed by atoms with van der Waals surface area (Å²) >= 11 is 0. The standard InChI is InChI=1S/C42H20BF15PSi/c44-28-25(29(45)35(51)40(56)34(28)50)43(26-30(46)36(52)41(57)37(53)31(26)47,27-32(48)38(54)42(58)39(55)33(27)49)59(21-13-5-1-6-14-21)60(22-15-7-2-8-16-22,23-17-9-3-10-18-23)24-19-11-4-12-20-24/h1-20H/q-1. The van der Waals surface area contributed by atoms with Gasteiger partial charge in [0.15, 0.2) is 52.4 Å². The summed E-state index contributed by atoms with van der Waals surface area (Å²) in [6.07, 6.45) is 0. The number of rotatable bonds is 9. The van der Waals surface area contributed by atoms with Gasteiger partial charge in [-0.05, 0) is 15.6 Å². The molecule has 0 amide bonds. The average Bonchev–Trinajstić information content (AvgIpc) is 3.27. The van der Waals surface area contributed by atoms with Crippen molar-refractivity contribution in [3.05, 3.63) is 209 Å². The molecule has 0 radical (unpaired) electrons. The molecule has 0 aromatic heterocycles. The van der Waals surface area contributed by atoms with Gasteiger partial charge >= 0.3 is 0 Å². The van der Waals surface area contributed by atoms with Crippen molar-refractivity contribution in [3.63, 3.8) is 0 Å². The quantitative estimate of drug-likeness (QED) is 0.0343. The van der Waals surface area contributed by atoms with Gasteiger partial charge in [-0.1, -0.05) is 127 Å². The van der Waals surface area contributed by atoms with Crippen molar-refractivity contribution >= 4 is 58.2 Å². The molecule has 0 saturated heterocycles. The Hall–Kier alpha value is -5.80. The Bertz CT molecular complexity index is 2430. The van der Waals surface area contributed by atoms with Crippen molar-refractivity contribution in [2.45, 2.75) is 0 Å². The van der Waals surface area contributed by atoms with Crippen molar-refractivity contribution in [2.75, 3.05) is 0 Å². The van der Waals surface area contributed by atoms with Crippen LogP contribution < -0.4 is 37.3 Å². The predicted molar refractivity (Wildman–Crippen MR) is 200 cm³/mol. The predicted octanol–water partition coefficient (Wildman–Crippen LogP) is 8.21. The second kappa shape index (κ2) is 16.0. The number of hydrogen-bond donors (Lipinski definition) is 0. The van der Waals surface area contributed by atoms with Crippen LogP contribution in [0.25, 0.3) is 0 Å². The molecule has 0 N–H and O–H groups in total. The van der Waals surface area contributed by atoms with E-state index in [0.29, 0.717) is 0 Å². The molecule has 60 heavy (non-hydrogen) atoms. The minimum absolute atomic E-state index is 0.0553. The van der Waals surface area contributed by atoms with Gasteiger partial charge < -0.3 is 0 Å². The highest BCUT2D eigenvalue weighted by Crippen LogP contribution is 2.55. The topological polar surface area (TPSA) is 0 Å².